The SMILES string of the molecule is Cc1nnc(C(=S)C2=C(C(=O)O)N3C(=O)C(NC(=O)Cc4csc(N)n4)[C@@H]3SC2)s1. The Kier molecular flexibility index (Phi) is 5.57. The number of carboxylic acid groups (broad SMARTS) is 1. The minimum atomic E-state index is -1.25. The Bertz CT molecular complexity index is 1110. The van der Waals surface area contributed by atoms with Crippen LogP contribution < -0.4 is 11.1 Å². The van der Waals surface area contributed by atoms with Crippen molar-refractivity contribution in [2.75, 3.05) is 11.5 Å². The van der Waals surface area contributed by atoms with Gasteiger partial charge in [-0.15, -0.1) is 33.3 Å². The lowest BCUT2D eigenvalue weighted by atomic mass is 10.0. The number of fused-ring (bicyclic) bond motifs is 1. The third kappa shape index (κ3) is 3.71. The molecule has 2 aromatic heterocycles. The van der Waals surface area contributed by atoms with Crippen molar-refractivity contribution in [3.05, 3.63) is 32.4 Å². The van der Waals surface area contributed by atoms with Crippen molar-refractivity contribution >= 4 is 74.4 Å². The van der Waals surface area contributed by atoms with Crippen LogP contribution in [0.15, 0.2) is 16.7 Å². The maximum atomic E-state index is 12.7. The summed E-state index contributed by atoms with van der Waals surface area (Å²) in [6.07, 6.45) is -0.0117. The number of β-lactam (4-membered cyclic amide) rings is 1. The molecular weight excluding hydrogens is 468 g/mol. The molecule has 0 spiro atoms. The summed E-state index contributed by atoms with van der Waals surface area (Å²) in [4.78, 5) is 42.4. The lowest BCUT2D eigenvalue weighted by molar-refractivity contribution is -0.150. The van der Waals surface area contributed by atoms with Crippen molar-refractivity contribution in [1.29, 1.82) is 0 Å². The standard InChI is InChI=1S/C16H14N6O4S4/c1-5-20-21-12(30-5)11(27)7-4-28-14-9(13(24)22(14)10(7)15(25)26)19-8(23)2-6-3-29-16(17)18-6/h3,9,14H,2,4H2,1H3,(H2,17,18)(H,19,23)(H,25,26)/t9?,14-/m0/s1. The highest BCUT2D eigenvalue weighted by molar-refractivity contribution is 8.00. The predicted octanol–water partition coefficient (Wildman–Crippen LogP) is 0.585. The number of thioether (sulfide) groups is 1. The van der Waals surface area contributed by atoms with Crippen LogP contribution in [0.5, 0.6) is 0 Å². The number of amides is 2. The number of nitrogens with zero attached hydrogens (tertiary/aromatic N) is 4. The largest absolute Gasteiger partial charge is 0.477 e. The number of aromatic nitrogens is 3. The first-order chi connectivity index (χ1) is 14.3. The van der Waals surface area contributed by atoms with E-state index in [0.717, 1.165) is 0 Å². The fraction of sp³-hybridized carbons (Fsp3) is 0.312. The van der Waals surface area contributed by atoms with Crippen molar-refractivity contribution in [2.24, 2.45) is 0 Å². The molecule has 1 unspecified atom stereocenters. The lowest BCUT2D eigenvalue weighted by Gasteiger charge is -2.49. The molecular formula is C16H14N6O4S4. The first kappa shape index (κ1) is 20.8. The Morgan fingerprint density at radius 1 is 1.43 bits per heavy atom. The summed E-state index contributed by atoms with van der Waals surface area (Å²) in [6.45, 7) is 1.77. The number of hydrogen-bond acceptors (Lipinski definition) is 11. The van der Waals surface area contributed by atoms with Crippen LogP contribution in [-0.4, -0.2) is 65.0 Å². The Morgan fingerprint density at radius 2 is 2.20 bits per heavy atom. The molecule has 0 bridgehead atoms. The van der Waals surface area contributed by atoms with Crippen LogP contribution in [0.3, 0.4) is 0 Å². The fourth-order valence-corrected chi connectivity index (χ4v) is 6.10. The van der Waals surface area contributed by atoms with Gasteiger partial charge in [0.25, 0.3) is 5.91 Å². The molecule has 14 heteroatoms. The zero-order chi connectivity index (χ0) is 21.6. The Labute approximate surface area is 187 Å². The maximum Gasteiger partial charge on any atom is 0.353 e. The van der Waals surface area contributed by atoms with Gasteiger partial charge in [-0.1, -0.05) is 23.6 Å². The minimum Gasteiger partial charge on any atom is -0.477 e. The van der Waals surface area contributed by atoms with Crippen molar-refractivity contribution in [2.45, 2.75) is 24.8 Å². The highest BCUT2D eigenvalue weighted by Gasteiger charge is 2.54. The van der Waals surface area contributed by atoms with E-state index in [4.69, 9.17) is 18.0 Å². The van der Waals surface area contributed by atoms with E-state index in [0.29, 0.717) is 26.4 Å². The van der Waals surface area contributed by atoms with Gasteiger partial charge in [0.05, 0.1) is 17.0 Å². The van der Waals surface area contributed by atoms with E-state index in [1.807, 2.05) is 0 Å². The minimum absolute atomic E-state index is 0.0117. The molecule has 0 saturated carbocycles. The number of rotatable bonds is 6. The number of nitrogens with two attached hydrogens (primary N) is 1. The number of carbonyl (C=O) groups excluding carboxylic acids is 2. The van der Waals surface area contributed by atoms with Gasteiger partial charge >= 0.3 is 5.97 Å². The van der Waals surface area contributed by atoms with Crippen LogP contribution in [0.25, 0.3) is 0 Å². The Hall–Kier alpha value is -2.42. The van der Waals surface area contributed by atoms with Crippen LogP contribution in [0.1, 0.15) is 15.7 Å². The van der Waals surface area contributed by atoms with Crippen LogP contribution in [0, 0.1) is 6.92 Å². The number of carboxylic acids is 1. The average Bonchev–Trinajstić information content (AvgIpc) is 3.32. The van der Waals surface area contributed by atoms with Gasteiger partial charge < -0.3 is 16.2 Å². The van der Waals surface area contributed by atoms with Crippen LogP contribution >= 0.6 is 46.7 Å². The zero-order valence-corrected chi connectivity index (χ0v) is 18.6. The van der Waals surface area contributed by atoms with Crippen LogP contribution in [-0.2, 0) is 20.8 Å². The molecule has 1 fully saturated rings. The predicted molar refractivity (Wildman–Crippen MR) is 116 cm³/mol. The normalized spacial score (nSPS) is 20.6. The van der Waals surface area contributed by atoms with Gasteiger partial charge in [0.2, 0.25) is 5.91 Å². The molecule has 1 saturated heterocycles. The topological polar surface area (TPSA) is 151 Å². The van der Waals surface area contributed by atoms with Crippen LogP contribution in [0.2, 0.25) is 0 Å². The summed E-state index contributed by atoms with van der Waals surface area (Å²) < 4.78 is 0. The molecule has 4 rings (SSSR count). The Morgan fingerprint density at radius 3 is 2.80 bits per heavy atom. The van der Waals surface area contributed by atoms with Crippen molar-refractivity contribution in [3.63, 3.8) is 0 Å². The number of thiocarbonyl (C=S) groups is 1. The summed E-state index contributed by atoms with van der Waals surface area (Å²) >= 11 is 9.26. The second-order valence-electron chi connectivity index (χ2n) is 6.40. The lowest BCUT2D eigenvalue weighted by Crippen LogP contribution is -2.70. The van der Waals surface area contributed by atoms with E-state index in [1.54, 1.807) is 12.3 Å². The second-order valence-corrected chi connectivity index (χ2v) is 9.98. The highest BCUT2D eigenvalue weighted by Crippen LogP contribution is 2.41. The number of aryl methyl sites for hydroxylation is 1. The van der Waals surface area contributed by atoms with E-state index >= 15 is 0 Å². The molecule has 0 aliphatic carbocycles. The van der Waals surface area contributed by atoms with E-state index in [9.17, 15) is 19.5 Å². The zero-order valence-electron chi connectivity index (χ0n) is 15.3. The molecule has 2 aliphatic rings. The molecule has 10 nitrogen and oxygen atoms in total. The van der Waals surface area contributed by atoms with Crippen LogP contribution in [0.4, 0.5) is 5.13 Å². The first-order valence-corrected chi connectivity index (χ1v) is 11.7. The summed E-state index contributed by atoms with van der Waals surface area (Å²) in [5.74, 6) is -1.85. The summed E-state index contributed by atoms with van der Waals surface area (Å²) in [6, 6.07) is -0.813. The van der Waals surface area contributed by atoms with Crippen molar-refractivity contribution in [3.8, 4) is 0 Å². The third-order valence-corrected chi connectivity index (χ3v) is 7.82. The molecule has 156 valence electrons. The number of aliphatic carboxylic acids is 1. The third-order valence-electron chi connectivity index (χ3n) is 4.39. The number of nitrogen functional groups attached to an aromatic ring is 1. The molecule has 4 N–H and O–H groups in total. The smallest absolute Gasteiger partial charge is 0.353 e. The van der Waals surface area contributed by atoms with Gasteiger partial charge in [0, 0.05) is 16.7 Å². The quantitative estimate of drug-likeness (QED) is 0.303. The number of hydrogen-bond donors (Lipinski definition) is 3. The molecule has 2 aromatic rings. The van der Waals surface area contributed by atoms with Crippen molar-refractivity contribution in [1.82, 2.24) is 25.4 Å². The monoisotopic (exact) mass is 482 g/mol. The summed E-state index contributed by atoms with van der Waals surface area (Å²) in [5, 5.41) is 23.0. The van der Waals surface area contributed by atoms with Gasteiger partial charge in [-0.2, -0.15) is 0 Å². The number of nitrogens with one attached hydrogen (secondary N) is 1. The van der Waals surface area contributed by atoms with Gasteiger partial charge in [0.15, 0.2) is 10.1 Å². The number of anilines is 1. The molecule has 4 heterocycles. The molecule has 0 radical (unpaired) electrons. The molecule has 2 atom stereocenters. The maximum absolute atomic E-state index is 12.7. The molecule has 2 aliphatic heterocycles. The van der Waals surface area contributed by atoms with E-state index in [2.05, 4.69) is 20.5 Å². The van der Waals surface area contributed by atoms with Crippen molar-refractivity contribution < 1.29 is 19.5 Å². The molecule has 0 aromatic carbocycles. The number of carbonyl (C=O) groups is 3. The number of thiazole rings is 1. The Balaban J connectivity index is 1.52. The fourth-order valence-electron chi connectivity index (χ4n) is 3.10. The van der Waals surface area contributed by atoms with Gasteiger partial charge in [0.1, 0.15) is 22.1 Å². The van der Waals surface area contributed by atoms with E-state index in [1.165, 1.54) is 39.3 Å². The van der Waals surface area contributed by atoms with E-state index < -0.39 is 23.3 Å². The van der Waals surface area contributed by atoms with E-state index in [-0.39, 0.29) is 28.6 Å². The van der Waals surface area contributed by atoms with Gasteiger partial charge in [-0.05, 0) is 6.92 Å². The molecule has 2 amide bonds. The average molecular weight is 483 g/mol. The van der Waals surface area contributed by atoms with Gasteiger partial charge in [-0.25, -0.2) is 9.78 Å². The molecule has 30 heavy (non-hydrogen) atoms. The first-order valence-electron chi connectivity index (χ1n) is 8.51. The van der Waals surface area contributed by atoms with Gasteiger partial charge in [-0.3, -0.25) is 14.5 Å². The summed E-state index contributed by atoms with van der Waals surface area (Å²) in [5.41, 5.74) is 6.26. The highest BCUT2D eigenvalue weighted by atomic mass is 32.2. The summed E-state index contributed by atoms with van der Waals surface area (Å²) in [7, 11) is 0. The second kappa shape index (κ2) is 8.02.